The van der Waals surface area contributed by atoms with Crippen LogP contribution in [-0.2, 0) is 0 Å². The first-order valence-electron chi connectivity index (χ1n) is 5.62. The fraction of sp³-hybridized carbons (Fsp3) is 0. The molecule has 0 unspecified atom stereocenters. The van der Waals surface area contributed by atoms with Gasteiger partial charge >= 0.3 is 0 Å². The van der Waals surface area contributed by atoms with Gasteiger partial charge in [-0.2, -0.15) is 5.26 Å². The number of allylic oxidation sites excluding steroid dienone is 1. The third-order valence-electron chi connectivity index (χ3n) is 2.33. The van der Waals surface area contributed by atoms with Crippen LogP contribution in [0.5, 0.6) is 0 Å². The van der Waals surface area contributed by atoms with Crippen LogP contribution in [0.15, 0.2) is 72.6 Å². The van der Waals surface area contributed by atoms with Gasteiger partial charge in [0.25, 0.3) is 0 Å². The van der Waals surface area contributed by atoms with Gasteiger partial charge in [-0.1, -0.05) is 36.4 Å². The van der Waals surface area contributed by atoms with Crippen molar-refractivity contribution in [3.05, 3.63) is 72.6 Å². The molecule has 0 amide bonds. The summed E-state index contributed by atoms with van der Waals surface area (Å²) in [6.07, 6.45) is 1.66. The zero-order chi connectivity index (χ0) is 12.6. The third kappa shape index (κ3) is 3.39. The molecule has 2 aromatic carbocycles. The van der Waals surface area contributed by atoms with Crippen molar-refractivity contribution in [3.8, 4) is 6.07 Å². The lowest BCUT2D eigenvalue weighted by molar-refractivity contribution is 1.40. The second-order valence-electron chi connectivity index (χ2n) is 3.67. The van der Waals surface area contributed by atoms with E-state index in [1.54, 1.807) is 6.20 Å². The fourth-order valence-corrected chi connectivity index (χ4v) is 1.46. The van der Waals surface area contributed by atoms with Gasteiger partial charge in [-0.25, -0.2) is 0 Å². The van der Waals surface area contributed by atoms with Gasteiger partial charge in [0.05, 0.1) is 0 Å². The Morgan fingerprint density at radius 3 is 2.00 bits per heavy atom. The van der Waals surface area contributed by atoms with Crippen molar-refractivity contribution in [1.29, 1.82) is 5.26 Å². The van der Waals surface area contributed by atoms with Crippen LogP contribution in [-0.4, -0.2) is 0 Å². The number of nitriles is 1. The van der Waals surface area contributed by atoms with Crippen LogP contribution >= 0.6 is 0 Å². The molecule has 2 N–H and O–H groups in total. The SMILES string of the molecule is N#CC(=CNc1ccccc1)Nc1ccccc1. The van der Waals surface area contributed by atoms with Crippen molar-refractivity contribution < 1.29 is 0 Å². The van der Waals surface area contributed by atoms with Gasteiger partial charge in [0.15, 0.2) is 0 Å². The van der Waals surface area contributed by atoms with Gasteiger partial charge in [0.1, 0.15) is 11.8 Å². The molecular weight excluding hydrogens is 222 g/mol. The highest BCUT2D eigenvalue weighted by Gasteiger charge is 1.95. The molecule has 88 valence electrons. The molecule has 0 atom stereocenters. The van der Waals surface area contributed by atoms with E-state index < -0.39 is 0 Å². The molecule has 3 heteroatoms. The Labute approximate surface area is 106 Å². The molecule has 3 nitrogen and oxygen atoms in total. The minimum Gasteiger partial charge on any atom is -0.359 e. The Morgan fingerprint density at radius 1 is 0.889 bits per heavy atom. The van der Waals surface area contributed by atoms with Crippen molar-refractivity contribution in [3.63, 3.8) is 0 Å². The van der Waals surface area contributed by atoms with Crippen LogP contribution in [0.4, 0.5) is 11.4 Å². The molecule has 0 radical (unpaired) electrons. The molecule has 0 aliphatic heterocycles. The number of anilines is 2. The van der Waals surface area contributed by atoms with Crippen LogP contribution in [0, 0.1) is 11.3 Å². The van der Waals surface area contributed by atoms with Crippen molar-refractivity contribution in [2.24, 2.45) is 0 Å². The Bertz CT molecular complexity index is 553. The van der Waals surface area contributed by atoms with Crippen LogP contribution in [0.25, 0.3) is 0 Å². The van der Waals surface area contributed by atoms with E-state index in [9.17, 15) is 0 Å². The minimum absolute atomic E-state index is 0.463. The van der Waals surface area contributed by atoms with Crippen LogP contribution < -0.4 is 10.6 Å². The van der Waals surface area contributed by atoms with Crippen LogP contribution in [0.2, 0.25) is 0 Å². The van der Waals surface area contributed by atoms with E-state index in [4.69, 9.17) is 5.26 Å². The normalized spacial score (nSPS) is 10.5. The van der Waals surface area contributed by atoms with E-state index >= 15 is 0 Å². The molecule has 0 aliphatic rings. The highest BCUT2D eigenvalue weighted by Crippen LogP contribution is 2.10. The topological polar surface area (TPSA) is 47.9 Å². The van der Waals surface area contributed by atoms with E-state index in [2.05, 4.69) is 16.7 Å². The molecule has 0 aromatic heterocycles. The largest absolute Gasteiger partial charge is 0.359 e. The number of para-hydroxylation sites is 2. The predicted molar refractivity (Wildman–Crippen MR) is 73.8 cm³/mol. The lowest BCUT2D eigenvalue weighted by Crippen LogP contribution is -2.00. The highest BCUT2D eigenvalue weighted by molar-refractivity contribution is 5.54. The second-order valence-corrected chi connectivity index (χ2v) is 3.67. The molecule has 18 heavy (non-hydrogen) atoms. The van der Waals surface area contributed by atoms with Gasteiger partial charge in [0.2, 0.25) is 0 Å². The number of benzene rings is 2. The lowest BCUT2D eigenvalue weighted by Gasteiger charge is -2.05. The number of rotatable bonds is 4. The quantitative estimate of drug-likeness (QED) is 0.796. The summed E-state index contributed by atoms with van der Waals surface area (Å²) in [4.78, 5) is 0. The number of nitrogens with one attached hydrogen (secondary N) is 2. The van der Waals surface area contributed by atoms with E-state index in [0.29, 0.717) is 5.70 Å². The van der Waals surface area contributed by atoms with Crippen LogP contribution in [0.3, 0.4) is 0 Å². The van der Waals surface area contributed by atoms with Gasteiger partial charge in [-0.05, 0) is 24.3 Å². The zero-order valence-electron chi connectivity index (χ0n) is 9.80. The number of hydrogen-bond acceptors (Lipinski definition) is 3. The average molecular weight is 235 g/mol. The van der Waals surface area contributed by atoms with E-state index in [1.807, 2.05) is 60.7 Å². The zero-order valence-corrected chi connectivity index (χ0v) is 9.80. The van der Waals surface area contributed by atoms with Crippen molar-refractivity contribution in [2.45, 2.75) is 0 Å². The van der Waals surface area contributed by atoms with E-state index in [-0.39, 0.29) is 0 Å². The number of hydrogen-bond donors (Lipinski definition) is 2. The van der Waals surface area contributed by atoms with Gasteiger partial charge < -0.3 is 10.6 Å². The van der Waals surface area contributed by atoms with E-state index in [1.165, 1.54) is 0 Å². The summed E-state index contributed by atoms with van der Waals surface area (Å²) < 4.78 is 0. The fourth-order valence-electron chi connectivity index (χ4n) is 1.46. The Balaban J connectivity index is 2.04. The minimum atomic E-state index is 0.463. The first kappa shape index (κ1) is 11.7. The maximum Gasteiger partial charge on any atom is 0.134 e. The Hall–Kier alpha value is -2.73. The van der Waals surface area contributed by atoms with Crippen molar-refractivity contribution in [1.82, 2.24) is 0 Å². The summed E-state index contributed by atoms with van der Waals surface area (Å²) in [7, 11) is 0. The molecule has 0 fully saturated rings. The van der Waals surface area contributed by atoms with Gasteiger partial charge in [0, 0.05) is 17.6 Å². The molecule has 2 rings (SSSR count). The molecule has 0 heterocycles. The first-order valence-corrected chi connectivity index (χ1v) is 5.62. The summed E-state index contributed by atoms with van der Waals surface area (Å²) in [5.41, 5.74) is 2.30. The molecule has 0 bridgehead atoms. The monoisotopic (exact) mass is 235 g/mol. The number of nitrogens with zero attached hydrogens (tertiary/aromatic N) is 1. The summed E-state index contributed by atoms with van der Waals surface area (Å²) in [5.74, 6) is 0. The molecule has 0 spiro atoms. The average Bonchev–Trinajstić information content (AvgIpc) is 2.45. The smallest absolute Gasteiger partial charge is 0.134 e. The van der Waals surface area contributed by atoms with Crippen molar-refractivity contribution >= 4 is 11.4 Å². The molecule has 0 aliphatic carbocycles. The van der Waals surface area contributed by atoms with E-state index in [0.717, 1.165) is 11.4 Å². The molecule has 2 aromatic rings. The highest BCUT2D eigenvalue weighted by atomic mass is 14.9. The first-order chi connectivity index (χ1) is 8.88. The molecular formula is C15H13N3. The predicted octanol–water partition coefficient (Wildman–Crippen LogP) is 3.58. The summed E-state index contributed by atoms with van der Waals surface area (Å²) in [5, 5.41) is 15.1. The third-order valence-corrected chi connectivity index (χ3v) is 2.33. The Kier molecular flexibility index (Phi) is 3.99. The maximum absolute atomic E-state index is 9.04. The van der Waals surface area contributed by atoms with Crippen molar-refractivity contribution in [2.75, 3.05) is 10.6 Å². The summed E-state index contributed by atoms with van der Waals surface area (Å²) >= 11 is 0. The second kappa shape index (κ2) is 6.12. The summed E-state index contributed by atoms with van der Waals surface area (Å²) in [6, 6.07) is 21.4. The molecule has 0 saturated heterocycles. The standard InChI is InChI=1S/C15H13N3/c16-11-15(18-14-9-5-2-6-10-14)12-17-13-7-3-1-4-8-13/h1-10,12,17-18H. The maximum atomic E-state index is 9.04. The molecule has 0 saturated carbocycles. The Morgan fingerprint density at radius 2 is 1.44 bits per heavy atom. The van der Waals surface area contributed by atoms with Gasteiger partial charge in [-0.15, -0.1) is 0 Å². The van der Waals surface area contributed by atoms with Crippen LogP contribution in [0.1, 0.15) is 0 Å². The van der Waals surface area contributed by atoms with Gasteiger partial charge in [-0.3, -0.25) is 0 Å². The lowest BCUT2D eigenvalue weighted by atomic mass is 10.3. The summed E-state index contributed by atoms with van der Waals surface area (Å²) in [6.45, 7) is 0.